The number of ether oxygens (including phenoxy) is 1. The van der Waals surface area contributed by atoms with E-state index in [0.717, 1.165) is 16.9 Å². The molecule has 1 amide bonds. The van der Waals surface area contributed by atoms with E-state index in [1.165, 1.54) is 24.3 Å². The Bertz CT molecular complexity index is 1150. The lowest BCUT2D eigenvalue weighted by Crippen LogP contribution is -2.14. The monoisotopic (exact) mass is 375 g/mol. The second kappa shape index (κ2) is 7.15. The number of rotatable bonds is 4. The molecule has 6 heteroatoms. The summed E-state index contributed by atoms with van der Waals surface area (Å²) in [5.41, 5.74) is 3.60. The number of nitrogens with zero attached hydrogens (tertiary/aromatic N) is 2. The van der Waals surface area contributed by atoms with Crippen molar-refractivity contribution < 1.29 is 13.9 Å². The fourth-order valence-electron chi connectivity index (χ4n) is 3.00. The summed E-state index contributed by atoms with van der Waals surface area (Å²) >= 11 is 0. The van der Waals surface area contributed by atoms with Crippen LogP contribution < -0.4 is 10.1 Å². The average molecular weight is 375 g/mol. The van der Waals surface area contributed by atoms with E-state index in [4.69, 9.17) is 4.74 Å². The average Bonchev–Trinajstić information content (AvgIpc) is 3.06. The third kappa shape index (κ3) is 3.32. The van der Waals surface area contributed by atoms with E-state index in [0.29, 0.717) is 22.7 Å². The number of aromatic nitrogens is 2. The first-order valence-electron chi connectivity index (χ1n) is 8.75. The van der Waals surface area contributed by atoms with Crippen LogP contribution in [0.3, 0.4) is 0 Å². The van der Waals surface area contributed by atoms with Crippen LogP contribution in [0.1, 0.15) is 15.9 Å². The molecule has 0 aliphatic heterocycles. The number of fused-ring (bicyclic) bond motifs is 1. The summed E-state index contributed by atoms with van der Waals surface area (Å²) in [6, 6.07) is 16.8. The van der Waals surface area contributed by atoms with Crippen molar-refractivity contribution in [1.82, 2.24) is 9.38 Å². The van der Waals surface area contributed by atoms with Gasteiger partial charge in [0.1, 0.15) is 28.7 Å². The molecule has 1 N–H and O–H groups in total. The van der Waals surface area contributed by atoms with Crippen LogP contribution in [0.25, 0.3) is 16.9 Å². The van der Waals surface area contributed by atoms with Gasteiger partial charge in [-0.2, -0.15) is 0 Å². The van der Waals surface area contributed by atoms with Gasteiger partial charge in [-0.3, -0.25) is 9.20 Å². The van der Waals surface area contributed by atoms with Crippen LogP contribution >= 0.6 is 0 Å². The highest BCUT2D eigenvalue weighted by Crippen LogP contribution is 2.30. The second-order valence-corrected chi connectivity index (χ2v) is 6.43. The highest BCUT2D eigenvalue weighted by molar-refractivity contribution is 6.05. The Morgan fingerprint density at radius 3 is 2.43 bits per heavy atom. The predicted octanol–water partition coefficient (Wildman–Crippen LogP) is 4.71. The number of halogens is 1. The van der Waals surface area contributed by atoms with Crippen LogP contribution in [-0.4, -0.2) is 22.4 Å². The molecule has 0 fully saturated rings. The van der Waals surface area contributed by atoms with Crippen LogP contribution in [0, 0.1) is 12.7 Å². The van der Waals surface area contributed by atoms with E-state index in [2.05, 4.69) is 10.3 Å². The number of carbonyl (C=O) groups excluding carboxylic acids is 1. The third-order valence-electron chi connectivity index (χ3n) is 4.47. The number of pyridine rings is 1. The van der Waals surface area contributed by atoms with Crippen molar-refractivity contribution in [3.8, 4) is 17.0 Å². The van der Waals surface area contributed by atoms with Gasteiger partial charge in [-0.15, -0.1) is 0 Å². The molecule has 5 nitrogen and oxygen atoms in total. The zero-order valence-corrected chi connectivity index (χ0v) is 15.4. The van der Waals surface area contributed by atoms with Gasteiger partial charge in [0.05, 0.1) is 7.11 Å². The largest absolute Gasteiger partial charge is 0.497 e. The number of imidazole rings is 1. The van der Waals surface area contributed by atoms with E-state index in [9.17, 15) is 9.18 Å². The molecular formula is C22H18FN3O2. The van der Waals surface area contributed by atoms with Crippen LogP contribution in [0.15, 0.2) is 66.9 Å². The van der Waals surface area contributed by atoms with Crippen LogP contribution in [-0.2, 0) is 0 Å². The number of amides is 1. The molecule has 0 saturated heterocycles. The topological polar surface area (TPSA) is 55.6 Å². The number of nitrogens with one attached hydrogen (secondary N) is 1. The van der Waals surface area contributed by atoms with E-state index >= 15 is 0 Å². The predicted molar refractivity (Wildman–Crippen MR) is 106 cm³/mol. The molecule has 2 aromatic heterocycles. The number of anilines is 1. The quantitative estimate of drug-likeness (QED) is 0.562. The normalized spacial score (nSPS) is 10.8. The molecule has 0 saturated carbocycles. The third-order valence-corrected chi connectivity index (χ3v) is 4.47. The number of benzene rings is 2. The first-order valence-corrected chi connectivity index (χ1v) is 8.75. The van der Waals surface area contributed by atoms with Crippen LogP contribution in [0.2, 0.25) is 0 Å². The standard InChI is InChI=1S/C22H18FN3O2/c1-14-3-12-19-24-20(15-6-10-18(28-2)11-7-15)21(26(19)13-14)25-22(27)16-4-8-17(23)9-5-16/h3-13H,1-2H3,(H,25,27). The van der Waals surface area contributed by atoms with Crippen molar-refractivity contribution in [3.63, 3.8) is 0 Å². The van der Waals surface area contributed by atoms with Gasteiger partial charge in [0.2, 0.25) is 0 Å². The number of methoxy groups -OCH3 is 1. The molecule has 0 aliphatic rings. The van der Waals surface area contributed by atoms with Gasteiger partial charge in [-0.25, -0.2) is 9.37 Å². The lowest BCUT2D eigenvalue weighted by atomic mass is 10.1. The summed E-state index contributed by atoms with van der Waals surface area (Å²) in [6.45, 7) is 1.97. The second-order valence-electron chi connectivity index (χ2n) is 6.43. The van der Waals surface area contributed by atoms with Gasteiger partial charge in [0, 0.05) is 17.3 Å². The Kier molecular flexibility index (Phi) is 4.53. The molecule has 28 heavy (non-hydrogen) atoms. The minimum Gasteiger partial charge on any atom is -0.497 e. The fourth-order valence-corrected chi connectivity index (χ4v) is 3.00. The number of aryl methyl sites for hydroxylation is 1. The molecule has 0 bridgehead atoms. The molecule has 0 radical (unpaired) electrons. The first-order chi connectivity index (χ1) is 13.5. The van der Waals surface area contributed by atoms with Crippen LogP contribution in [0.5, 0.6) is 5.75 Å². The Morgan fingerprint density at radius 2 is 1.75 bits per heavy atom. The molecule has 2 aromatic carbocycles. The number of hydrogen-bond donors (Lipinski definition) is 1. The SMILES string of the molecule is COc1ccc(-c2nc3ccc(C)cn3c2NC(=O)c2ccc(F)cc2)cc1. The Hall–Kier alpha value is -3.67. The van der Waals surface area contributed by atoms with Crippen molar-refractivity contribution in [2.75, 3.05) is 12.4 Å². The zero-order valence-electron chi connectivity index (χ0n) is 15.4. The van der Waals surface area contributed by atoms with Gasteiger partial charge >= 0.3 is 0 Å². The van der Waals surface area contributed by atoms with E-state index in [1.54, 1.807) is 7.11 Å². The van der Waals surface area contributed by atoms with Crippen molar-refractivity contribution in [3.05, 3.63) is 83.8 Å². The molecule has 0 spiro atoms. The molecular weight excluding hydrogens is 357 g/mol. The van der Waals surface area contributed by atoms with Crippen LogP contribution in [0.4, 0.5) is 10.2 Å². The molecule has 0 unspecified atom stereocenters. The lowest BCUT2D eigenvalue weighted by Gasteiger charge is -2.09. The number of carbonyl (C=O) groups is 1. The van der Waals surface area contributed by atoms with Gasteiger partial charge in [0.15, 0.2) is 0 Å². The van der Waals surface area contributed by atoms with Gasteiger partial charge in [-0.1, -0.05) is 6.07 Å². The van der Waals surface area contributed by atoms with E-state index in [-0.39, 0.29) is 11.7 Å². The minimum atomic E-state index is -0.388. The first kappa shape index (κ1) is 17.7. The summed E-state index contributed by atoms with van der Waals surface area (Å²) in [5, 5.41) is 2.93. The van der Waals surface area contributed by atoms with Crippen molar-refractivity contribution in [2.45, 2.75) is 6.92 Å². The lowest BCUT2D eigenvalue weighted by molar-refractivity contribution is 0.102. The van der Waals surface area contributed by atoms with Crippen molar-refractivity contribution in [2.24, 2.45) is 0 Å². The van der Waals surface area contributed by atoms with Gasteiger partial charge in [-0.05, 0) is 67.1 Å². The molecule has 4 aromatic rings. The molecule has 4 rings (SSSR count). The highest BCUT2D eigenvalue weighted by Gasteiger charge is 2.17. The maximum Gasteiger partial charge on any atom is 0.256 e. The maximum absolute atomic E-state index is 13.2. The number of hydrogen-bond acceptors (Lipinski definition) is 3. The van der Waals surface area contributed by atoms with Gasteiger partial charge < -0.3 is 10.1 Å². The van der Waals surface area contributed by atoms with Crippen molar-refractivity contribution in [1.29, 1.82) is 0 Å². The molecule has 0 aliphatic carbocycles. The van der Waals surface area contributed by atoms with E-state index < -0.39 is 0 Å². The Balaban J connectivity index is 1.81. The molecule has 140 valence electrons. The zero-order chi connectivity index (χ0) is 19.7. The molecule has 2 heterocycles. The van der Waals surface area contributed by atoms with E-state index in [1.807, 2.05) is 53.9 Å². The van der Waals surface area contributed by atoms with Gasteiger partial charge in [0.25, 0.3) is 5.91 Å². The highest BCUT2D eigenvalue weighted by atomic mass is 19.1. The van der Waals surface area contributed by atoms with Crippen molar-refractivity contribution >= 4 is 17.4 Å². The summed E-state index contributed by atoms with van der Waals surface area (Å²) in [5.74, 6) is 0.567. The Labute approximate surface area is 161 Å². The summed E-state index contributed by atoms with van der Waals surface area (Å²) in [6.07, 6.45) is 1.91. The minimum absolute atomic E-state index is 0.335. The molecule has 0 atom stereocenters. The summed E-state index contributed by atoms with van der Waals surface area (Å²) in [4.78, 5) is 17.4. The Morgan fingerprint density at radius 1 is 1.04 bits per heavy atom. The summed E-state index contributed by atoms with van der Waals surface area (Å²) < 4.78 is 20.2. The summed E-state index contributed by atoms with van der Waals surface area (Å²) in [7, 11) is 1.61. The maximum atomic E-state index is 13.2. The smallest absolute Gasteiger partial charge is 0.256 e. The fraction of sp³-hybridized carbons (Fsp3) is 0.0909.